The first-order chi connectivity index (χ1) is 15.0. The number of anilines is 2. The molecule has 2 aromatic carbocycles. The molecule has 0 aliphatic heterocycles. The van der Waals surface area contributed by atoms with Gasteiger partial charge in [-0.25, -0.2) is 9.37 Å². The van der Waals surface area contributed by atoms with E-state index in [-0.39, 0.29) is 11.8 Å². The van der Waals surface area contributed by atoms with Gasteiger partial charge in [0.05, 0.1) is 25.8 Å². The van der Waals surface area contributed by atoms with Crippen LogP contribution in [0.3, 0.4) is 0 Å². The van der Waals surface area contributed by atoms with E-state index in [9.17, 15) is 14.0 Å². The number of fused-ring (bicyclic) bond motifs is 1. The molecular formula is C22H20FN3O4S. The van der Waals surface area contributed by atoms with E-state index >= 15 is 0 Å². The highest BCUT2D eigenvalue weighted by Gasteiger charge is 2.33. The van der Waals surface area contributed by atoms with Crippen molar-refractivity contribution in [1.82, 2.24) is 4.98 Å². The van der Waals surface area contributed by atoms with Crippen LogP contribution in [-0.2, 0) is 11.2 Å². The molecule has 0 spiro atoms. The number of hydrogen-bond donors (Lipinski definition) is 2. The van der Waals surface area contributed by atoms with Gasteiger partial charge in [-0.05, 0) is 43.2 Å². The molecule has 1 aliphatic rings. The Morgan fingerprint density at radius 1 is 1.10 bits per heavy atom. The Morgan fingerprint density at radius 3 is 2.52 bits per heavy atom. The number of ether oxygens (including phenoxy) is 2. The van der Waals surface area contributed by atoms with E-state index in [0.29, 0.717) is 46.4 Å². The van der Waals surface area contributed by atoms with Gasteiger partial charge < -0.3 is 14.8 Å². The molecule has 1 heterocycles. The largest absolute Gasteiger partial charge is 0.497 e. The van der Waals surface area contributed by atoms with Crippen LogP contribution in [0.5, 0.6) is 11.5 Å². The van der Waals surface area contributed by atoms with Gasteiger partial charge in [0.1, 0.15) is 17.3 Å². The minimum Gasteiger partial charge on any atom is -0.497 e. The van der Waals surface area contributed by atoms with E-state index in [1.165, 1.54) is 43.8 Å². The molecule has 0 saturated heterocycles. The summed E-state index contributed by atoms with van der Waals surface area (Å²) in [4.78, 5) is 30.8. The molecule has 1 aliphatic carbocycles. The fraction of sp³-hybridized carbons (Fsp3) is 0.227. The molecule has 1 atom stereocenters. The molecule has 160 valence electrons. The van der Waals surface area contributed by atoms with Gasteiger partial charge in [0, 0.05) is 22.2 Å². The van der Waals surface area contributed by atoms with Gasteiger partial charge in [0.2, 0.25) is 5.91 Å². The molecule has 9 heteroatoms. The maximum atomic E-state index is 13.4. The molecule has 2 amide bonds. The first-order valence-corrected chi connectivity index (χ1v) is 10.4. The van der Waals surface area contributed by atoms with E-state index in [0.717, 1.165) is 4.88 Å². The summed E-state index contributed by atoms with van der Waals surface area (Å²) in [7, 11) is 3.02. The van der Waals surface area contributed by atoms with Gasteiger partial charge >= 0.3 is 0 Å². The molecule has 0 fully saturated rings. The van der Waals surface area contributed by atoms with E-state index in [2.05, 4.69) is 15.6 Å². The number of rotatable bonds is 6. The molecule has 31 heavy (non-hydrogen) atoms. The minimum atomic E-state index is -0.447. The number of nitrogens with one attached hydrogen (secondary N) is 2. The summed E-state index contributed by atoms with van der Waals surface area (Å²) in [5.41, 5.74) is 1.42. The number of halogens is 1. The Hall–Kier alpha value is -3.46. The lowest BCUT2D eigenvalue weighted by atomic mass is 10.1. The molecule has 1 unspecified atom stereocenters. The Kier molecular flexibility index (Phi) is 5.85. The van der Waals surface area contributed by atoms with E-state index in [1.807, 2.05) is 0 Å². The van der Waals surface area contributed by atoms with Crippen LogP contribution in [0.4, 0.5) is 15.2 Å². The molecule has 3 aromatic rings. The van der Waals surface area contributed by atoms with E-state index in [1.54, 1.807) is 24.3 Å². The van der Waals surface area contributed by atoms with Crippen LogP contribution in [0.1, 0.15) is 33.3 Å². The van der Waals surface area contributed by atoms with Crippen LogP contribution in [0.25, 0.3) is 0 Å². The normalized spacial score (nSPS) is 14.6. The number of thiazole rings is 1. The second-order valence-electron chi connectivity index (χ2n) is 6.97. The van der Waals surface area contributed by atoms with E-state index < -0.39 is 11.7 Å². The molecule has 4 rings (SSSR count). The molecule has 0 radical (unpaired) electrons. The second-order valence-corrected chi connectivity index (χ2v) is 8.06. The monoisotopic (exact) mass is 441 g/mol. The third-order valence-corrected chi connectivity index (χ3v) is 6.01. The van der Waals surface area contributed by atoms with Gasteiger partial charge in [0.15, 0.2) is 5.13 Å². The van der Waals surface area contributed by atoms with Crippen molar-refractivity contribution in [2.75, 3.05) is 24.9 Å². The van der Waals surface area contributed by atoms with Gasteiger partial charge in [-0.3, -0.25) is 14.9 Å². The van der Waals surface area contributed by atoms with Crippen molar-refractivity contribution >= 4 is 34.0 Å². The van der Waals surface area contributed by atoms with Crippen LogP contribution in [0.2, 0.25) is 0 Å². The highest BCUT2D eigenvalue weighted by molar-refractivity contribution is 7.16. The smallest absolute Gasteiger partial charge is 0.257 e. The number of aryl methyl sites for hydroxylation is 1. The average Bonchev–Trinajstić information content (AvgIpc) is 3.33. The van der Waals surface area contributed by atoms with Gasteiger partial charge in [-0.1, -0.05) is 6.07 Å². The van der Waals surface area contributed by atoms with E-state index in [4.69, 9.17) is 9.47 Å². The highest BCUT2D eigenvalue weighted by atomic mass is 32.1. The first kappa shape index (κ1) is 20.8. The Labute approximate surface area is 182 Å². The number of nitrogens with zero attached hydrogens (tertiary/aromatic N) is 1. The third-order valence-electron chi connectivity index (χ3n) is 4.96. The van der Waals surface area contributed by atoms with Crippen molar-refractivity contribution in [3.8, 4) is 11.5 Å². The fourth-order valence-electron chi connectivity index (χ4n) is 3.44. The zero-order chi connectivity index (χ0) is 22.0. The van der Waals surface area contributed by atoms with Crippen LogP contribution in [0, 0.1) is 5.82 Å². The predicted molar refractivity (Wildman–Crippen MR) is 116 cm³/mol. The number of hydrogen-bond acceptors (Lipinski definition) is 6. The number of methoxy groups -OCH3 is 2. The summed E-state index contributed by atoms with van der Waals surface area (Å²) in [5.74, 6) is -0.467. The number of carbonyl (C=O) groups is 2. The van der Waals surface area contributed by atoms with Crippen molar-refractivity contribution in [2.24, 2.45) is 0 Å². The van der Waals surface area contributed by atoms with Crippen LogP contribution in [0.15, 0.2) is 42.5 Å². The summed E-state index contributed by atoms with van der Waals surface area (Å²) in [5, 5.41) is 5.94. The number of benzene rings is 2. The maximum Gasteiger partial charge on any atom is 0.257 e. The number of amides is 2. The summed E-state index contributed by atoms with van der Waals surface area (Å²) < 4.78 is 23.8. The SMILES string of the molecule is COc1cc(OC)cc(C(=O)Nc2nc3c(s2)CCC3C(=O)Nc2cccc(F)c2)c1. The summed E-state index contributed by atoms with van der Waals surface area (Å²) in [6.07, 6.45) is 1.31. The predicted octanol–water partition coefficient (Wildman–Crippen LogP) is 4.22. The first-order valence-electron chi connectivity index (χ1n) is 9.57. The quantitative estimate of drug-likeness (QED) is 0.598. The van der Waals surface area contributed by atoms with Crippen molar-refractivity contribution in [3.63, 3.8) is 0 Å². The zero-order valence-corrected chi connectivity index (χ0v) is 17.7. The molecule has 2 N–H and O–H groups in total. The maximum absolute atomic E-state index is 13.4. The van der Waals surface area contributed by atoms with Crippen LogP contribution >= 0.6 is 11.3 Å². The lowest BCUT2D eigenvalue weighted by Gasteiger charge is -2.11. The Morgan fingerprint density at radius 2 is 1.84 bits per heavy atom. The molecule has 0 bridgehead atoms. The zero-order valence-electron chi connectivity index (χ0n) is 16.9. The van der Waals surface area contributed by atoms with Crippen LogP contribution < -0.4 is 20.1 Å². The van der Waals surface area contributed by atoms with Crippen LogP contribution in [-0.4, -0.2) is 31.0 Å². The summed E-state index contributed by atoms with van der Waals surface area (Å²) in [6.45, 7) is 0. The number of aromatic nitrogens is 1. The standard InChI is InChI=1S/C22H20FN3O4S/c1-29-15-8-12(9-16(11-15)30-2)20(27)26-22-25-19-17(6-7-18(19)31-22)21(28)24-14-5-3-4-13(23)10-14/h3-5,8-11,17H,6-7H2,1-2H3,(H,24,28)(H,25,26,27). The highest BCUT2D eigenvalue weighted by Crippen LogP contribution is 2.39. The van der Waals surface area contributed by atoms with Crippen molar-refractivity contribution in [2.45, 2.75) is 18.8 Å². The topological polar surface area (TPSA) is 89.6 Å². The number of carbonyl (C=O) groups excluding carboxylic acids is 2. The van der Waals surface area contributed by atoms with Crippen molar-refractivity contribution in [1.29, 1.82) is 0 Å². The van der Waals surface area contributed by atoms with Gasteiger partial charge in [-0.2, -0.15) is 0 Å². The fourth-order valence-corrected chi connectivity index (χ4v) is 4.47. The average molecular weight is 441 g/mol. The third kappa shape index (κ3) is 4.51. The molecule has 1 aromatic heterocycles. The molecular weight excluding hydrogens is 421 g/mol. The van der Waals surface area contributed by atoms with Crippen molar-refractivity contribution in [3.05, 3.63) is 64.4 Å². The second kappa shape index (κ2) is 8.73. The lowest BCUT2D eigenvalue weighted by molar-refractivity contribution is -0.117. The lowest BCUT2D eigenvalue weighted by Crippen LogP contribution is -2.20. The Balaban J connectivity index is 1.48. The minimum absolute atomic E-state index is 0.245. The summed E-state index contributed by atoms with van der Waals surface area (Å²) >= 11 is 1.35. The summed E-state index contributed by atoms with van der Waals surface area (Å²) in [6, 6.07) is 10.6. The molecule has 0 saturated carbocycles. The Bertz CT molecular complexity index is 1130. The molecule has 7 nitrogen and oxygen atoms in total. The van der Waals surface area contributed by atoms with Gasteiger partial charge in [0.25, 0.3) is 5.91 Å². The van der Waals surface area contributed by atoms with Gasteiger partial charge in [-0.15, -0.1) is 11.3 Å². The van der Waals surface area contributed by atoms with Crippen molar-refractivity contribution < 1.29 is 23.5 Å².